The molecule has 1 heterocycles. The molecule has 1 N–H and O–H groups in total. The van der Waals surface area contributed by atoms with Gasteiger partial charge in [-0.1, -0.05) is 32.9 Å². The molecule has 1 fully saturated rings. The number of aryl methyl sites for hydroxylation is 1. The third-order valence-electron chi connectivity index (χ3n) is 6.74. The average Bonchev–Trinajstić information content (AvgIpc) is 3.12. The molecule has 1 atom stereocenters. The summed E-state index contributed by atoms with van der Waals surface area (Å²) in [5.74, 6) is -0.674. The first kappa shape index (κ1) is 27.3. The van der Waals surface area contributed by atoms with E-state index < -0.39 is 17.7 Å². The second-order valence-electron chi connectivity index (χ2n) is 9.33. The van der Waals surface area contributed by atoms with Gasteiger partial charge in [0.05, 0.1) is 18.2 Å². The lowest BCUT2D eigenvalue weighted by Gasteiger charge is -2.28. The van der Waals surface area contributed by atoms with Gasteiger partial charge >= 0.3 is 0 Å². The number of carbonyl (C=O) groups is 2. The number of Topliss-reactive ketones (excluding diaryl/α,β-unsaturated/α-hetero) is 1. The van der Waals surface area contributed by atoms with Crippen molar-refractivity contribution >= 4 is 23.1 Å². The topological polar surface area (TPSA) is 73.3 Å². The lowest BCUT2D eigenvalue weighted by Crippen LogP contribution is -2.38. The van der Waals surface area contributed by atoms with E-state index >= 15 is 0 Å². The number of likely N-dealkylation sites (N-methyl/N-ethyl adjacent to an activating group) is 1. The minimum atomic E-state index is -0.660. The van der Waals surface area contributed by atoms with Gasteiger partial charge in [0.1, 0.15) is 11.5 Å². The van der Waals surface area contributed by atoms with E-state index in [4.69, 9.17) is 4.74 Å². The molecule has 194 valence electrons. The van der Waals surface area contributed by atoms with E-state index in [1.54, 1.807) is 17.0 Å². The van der Waals surface area contributed by atoms with Crippen molar-refractivity contribution in [3.8, 4) is 5.75 Å². The fraction of sp³-hybridized carbons (Fsp3) is 0.448. The minimum Gasteiger partial charge on any atom is -0.507 e. The van der Waals surface area contributed by atoms with Crippen LogP contribution in [-0.2, 0) is 9.59 Å². The van der Waals surface area contributed by atoms with Gasteiger partial charge in [-0.25, -0.2) is 0 Å². The second-order valence-corrected chi connectivity index (χ2v) is 9.33. The Morgan fingerprint density at radius 2 is 1.69 bits per heavy atom. The van der Waals surface area contributed by atoms with Gasteiger partial charge in [-0.15, -0.1) is 0 Å². The fourth-order valence-corrected chi connectivity index (χ4v) is 4.56. The van der Waals surface area contributed by atoms with Gasteiger partial charge in [0, 0.05) is 38.4 Å². The highest BCUT2D eigenvalue weighted by Crippen LogP contribution is 2.40. The smallest absolute Gasteiger partial charge is 0.295 e. The number of anilines is 1. The number of hydrogen-bond donors (Lipinski definition) is 1. The van der Waals surface area contributed by atoms with Crippen LogP contribution in [0.4, 0.5) is 5.69 Å². The molecule has 0 saturated carbocycles. The molecule has 7 nitrogen and oxygen atoms in total. The fourth-order valence-electron chi connectivity index (χ4n) is 4.56. The zero-order valence-corrected chi connectivity index (χ0v) is 22.4. The number of ether oxygens (including phenoxy) is 1. The van der Waals surface area contributed by atoms with Gasteiger partial charge in [-0.2, -0.15) is 0 Å². The number of aliphatic hydroxyl groups excluding tert-OH is 1. The van der Waals surface area contributed by atoms with Gasteiger partial charge < -0.3 is 24.5 Å². The quantitative estimate of drug-likeness (QED) is 0.280. The maximum absolute atomic E-state index is 13.3. The summed E-state index contributed by atoms with van der Waals surface area (Å²) < 4.78 is 5.71. The Labute approximate surface area is 215 Å². The van der Waals surface area contributed by atoms with Crippen molar-refractivity contribution in [1.82, 2.24) is 9.80 Å². The lowest BCUT2D eigenvalue weighted by molar-refractivity contribution is -0.140. The van der Waals surface area contributed by atoms with Crippen LogP contribution >= 0.6 is 0 Å². The molecule has 1 aliphatic rings. The Bertz CT molecular complexity index is 1100. The summed E-state index contributed by atoms with van der Waals surface area (Å²) in [6.07, 6.45) is 0.893. The Hall–Kier alpha value is -3.32. The molecule has 0 radical (unpaired) electrons. The van der Waals surface area contributed by atoms with Crippen molar-refractivity contribution < 1.29 is 19.4 Å². The number of hydrogen-bond acceptors (Lipinski definition) is 6. The summed E-state index contributed by atoms with van der Waals surface area (Å²) in [7, 11) is 3.92. The van der Waals surface area contributed by atoms with E-state index in [-0.39, 0.29) is 11.3 Å². The van der Waals surface area contributed by atoms with Gasteiger partial charge in [0.25, 0.3) is 11.7 Å². The van der Waals surface area contributed by atoms with E-state index in [0.29, 0.717) is 31.0 Å². The third-order valence-corrected chi connectivity index (χ3v) is 6.74. The first-order chi connectivity index (χ1) is 17.2. The van der Waals surface area contributed by atoms with Gasteiger partial charge in [0.15, 0.2) is 0 Å². The van der Waals surface area contributed by atoms with E-state index in [1.807, 2.05) is 63.2 Å². The van der Waals surface area contributed by atoms with Crippen LogP contribution in [0, 0.1) is 6.92 Å². The number of likely N-dealkylation sites (tertiary alicyclic amines) is 1. The maximum Gasteiger partial charge on any atom is 0.295 e. The molecular weight excluding hydrogens is 454 g/mol. The van der Waals surface area contributed by atoms with Crippen LogP contribution in [0.3, 0.4) is 0 Å². The molecule has 0 aliphatic carbocycles. The number of rotatable bonds is 11. The van der Waals surface area contributed by atoms with Gasteiger partial charge in [-0.05, 0) is 67.9 Å². The second kappa shape index (κ2) is 12.1. The lowest BCUT2D eigenvalue weighted by atomic mass is 9.93. The van der Waals surface area contributed by atoms with E-state index in [1.165, 1.54) is 0 Å². The van der Waals surface area contributed by atoms with Crippen molar-refractivity contribution in [3.05, 3.63) is 64.7 Å². The number of ketones is 1. The van der Waals surface area contributed by atoms with E-state index in [0.717, 1.165) is 36.3 Å². The third kappa shape index (κ3) is 5.73. The molecule has 36 heavy (non-hydrogen) atoms. The number of benzene rings is 2. The predicted octanol–water partition coefficient (Wildman–Crippen LogP) is 4.61. The zero-order valence-electron chi connectivity index (χ0n) is 22.4. The summed E-state index contributed by atoms with van der Waals surface area (Å²) >= 11 is 0. The SMILES string of the molecule is CCCOc1ccc(C(O)=C2C(=O)C(=O)N(CCN(CC)CC)C2c2ccc(N(C)C)cc2)c(C)c1. The molecule has 1 amide bonds. The van der Waals surface area contributed by atoms with Crippen molar-refractivity contribution in [1.29, 1.82) is 0 Å². The Morgan fingerprint density at radius 3 is 2.25 bits per heavy atom. The van der Waals surface area contributed by atoms with Crippen LogP contribution in [0.25, 0.3) is 5.76 Å². The van der Waals surface area contributed by atoms with Crippen LogP contribution in [-0.4, -0.2) is 73.5 Å². The normalized spacial score (nSPS) is 17.2. The largest absolute Gasteiger partial charge is 0.507 e. The molecule has 0 spiro atoms. The van der Waals surface area contributed by atoms with Crippen LogP contribution in [0.1, 0.15) is 49.9 Å². The summed E-state index contributed by atoms with van der Waals surface area (Å²) in [5, 5.41) is 11.4. The molecule has 2 aromatic rings. The number of aliphatic hydroxyl groups is 1. The highest BCUT2D eigenvalue weighted by atomic mass is 16.5. The minimum absolute atomic E-state index is 0.127. The van der Waals surface area contributed by atoms with Crippen LogP contribution < -0.4 is 9.64 Å². The summed E-state index contributed by atoms with van der Waals surface area (Å²) in [5.41, 5.74) is 3.23. The number of nitrogens with zero attached hydrogens (tertiary/aromatic N) is 3. The van der Waals surface area contributed by atoms with Gasteiger partial charge in [0.2, 0.25) is 0 Å². The first-order valence-electron chi connectivity index (χ1n) is 12.7. The van der Waals surface area contributed by atoms with Gasteiger partial charge in [-0.3, -0.25) is 9.59 Å². The average molecular weight is 494 g/mol. The Morgan fingerprint density at radius 1 is 1.03 bits per heavy atom. The summed E-state index contributed by atoms with van der Waals surface area (Å²) in [6.45, 7) is 11.4. The number of carbonyl (C=O) groups excluding carboxylic acids is 2. The van der Waals surface area contributed by atoms with Crippen molar-refractivity contribution in [2.24, 2.45) is 0 Å². The van der Waals surface area contributed by atoms with E-state index in [9.17, 15) is 14.7 Å². The highest BCUT2D eigenvalue weighted by molar-refractivity contribution is 6.46. The Kier molecular flexibility index (Phi) is 9.15. The van der Waals surface area contributed by atoms with Crippen LogP contribution in [0.15, 0.2) is 48.0 Å². The molecule has 0 aromatic heterocycles. The molecule has 2 aromatic carbocycles. The summed E-state index contributed by atoms with van der Waals surface area (Å²) in [6, 6.07) is 12.5. The van der Waals surface area contributed by atoms with Crippen LogP contribution in [0.2, 0.25) is 0 Å². The Balaban J connectivity index is 2.09. The van der Waals surface area contributed by atoms with E-state index in [2.05, 4.69) is 18.7 Å². The van der Waals surface area contributed by atoms with Crippen molar-refractivity contribution in [2.45, 2.75) is 40.2 Å². The predicted molar refractivity (Wildman–Crippen MR) is 145 cm³/mol. The van der Waals surface area contributed by atoms with Crippen LogP contribution in [0.5, 0.6) is 5.75 Å². The molecule has 0 bridgehead atoms. The molecule has 7 heteroatoms. The number of amides is 1. The maximum atomic E-state index is 13.3. The monoisotopic (exact) mass is 493 g/mol. The highest BCUT2D eigenvalue weighted by Gasteiger charge is 2.46. The molecule has 3 rings (SSSR count). The first-order valence-corrected chi connectivity index (χ1v) is 12.7. The van der Waals surface area contributed by atoms with Crippen molar-refractivity contribution in [3.63, 3.8) is 0 Å². The molecular formula is C29H39N3O4. The molecule has 1 saturated heterocycles. The standard InChI is InChI=1S/C29H39N3O4/c1-7-18-36-23-14-15-24(20(4)19-23)27(33)25-26(21-10-12-22(13-11-21)30(5)6)32(29(35)28(25)34)17-16-31(8-2)9-3/h10-15,19,26,33H,7-9,16-18H2,1-6H3. The zero-order chi connectivity index (χ0) is 26.4. The molecule has 1 aliphatic heterocycles. The van der Waals surface area contributed by atoms with Crippen molar-refractivity contribution in [2.75, 3.05) is 51.8 Å². The molecule has 1 unspecified atom stereocenters. The summed E-state index contributed by atoms with van der Waals surface area (Å²) in [4.78, 5) is 32.4.